The van der Waals surface area contributed by atoms with Gasteiger partial charge in [0.1, 0.15) is 6.54 Å². The number of nitrogens with one attached hydrogen (secondary N) is 1. The van der Waals surface area contributed by atoms with E-state index in [2.05, 4.69) is 10.1 Å². The van der Waals surface area contributed by atoms with Crippen molar-refractivity contribution in [2.45, 2.75) is 0 Å². The Morgan fingerprint density at radius 2 is 1.96 bits per heavy atom. The number of amides is 1. The van der Waals surface area contributed by atoms with E-state index in [9.17, 15) is 18.0 Å². The van der Waals surface area contributed by atoms with E-state index >= 15 is 0 Å². The summed E-state index contributed by atoms with van der Waals surface area (Å²) in [5, 5.41) is 2.60. The summed E-state index contributed by atoms with van der Waals surface area (Å²) in [5.74, 6) is -1.18. The van der Waals surface area contributed by atoms with Crippen molar-refractivity contribution in [3.05, 3.63) is 28.8 Å². The molecule has 0 fully saturated rings. The van der Waals surface area contributed by atoms with Gasteiger partial charge in [-0.25, -0.2) is 13.2 Å². The average Bonchev–Trinajstić information content (AvgIpc) is 2.52. The van der Waals surface area contributed by atoms with Gasteiger partial charge in [-0.05, 0) is 18.2 Å². The minimum Gasteiger partial charge on any atom is -0.465 e. The normalized spacial score (nSPS) is 11.0. The molecule has 10 heteroatoms. The van der Waals surface area contributed by atoms with Crippen molar-refractivity contribution >= 4 is 39.2 Å². The summed E-state index contributed by atoms with van der Waals surface area (Å²) < 4.78 is 34.3. The minimum absolute atomic E-state index is 0.0176. The standard InChI is InChI=1S/C14H19ClN2O6S/c1-22-7-6-16-13(18)9-17(24(3,20)21)12-8-10(14(19)23-2)4-5-11(12)15/h4-5,8H,6-7,9H2,1-3H3,(H,16,18). The van der Waals surface area contributed by atoms with Crippen LogP contribution in [0.3, 0.4) is 0 Å². The number of anilines is 1. The highest BCUT2D eigenvalue weighted by Crippen LogP contribution is 2.29. The van der Waals surface area contributed by atoms with E-state index in [-0.39, 0.29) is 22.8 Å². The molecule has 8 nitrogen and oxygen atoms in total. The fourth-order valence-electron chi connectivity index (χ4n) is 1.81. The second-order valence-electron chi connectivity index (χ2n) is 4.77. The van der Waals surface area contributed by atoms with Crippen LogP contribution in [-0.4, -0.2) is 60.5 Å². The number of esters is 1. The first kappa shape index (κ1) is 20.2. The Bertz CT molecular complexity index is 707. The van der Waals surface area contributed by atoms with Crippen molar-refractivity contribution in [3.8, 4) is 0 Å². The molecule has 1 rings (SSSR count). The van der Waals surface area contributed by atoms with Crippen molar-refractivity contribution in [1.82, 2.24) is 5.32 Å². The molecule has 0 bridgehead atoms. The molecule has 0 aliphatic carbocycles. The zero-order chi connectivity index (χ0) is 18.3. The zero-order valence-electron chi connectivity index (χ0n) is 13.5. The molecule has 1 N–H and O–H groups in total. The molecule has 1 aromatic carbocycles. The highest BCUT2D eigenvalue weighted by atomic mass is 35.5. The minimum atomic E-state index is -3.81. The van der Waals surface area contributed by atoms with Gasteiger partial charge < -0.3 is 14.8 Å². The van der Waals surface area contributed by atoms with Crippen LogP contribution in [0.4, 0.5) is 5.69 Å². The monoisotopic (exact) mass is 378 g/mol. The van der Waals surface area contributed by atoms with E-state index in [0.717, 1.165) is 10.6 Å². The Morgan fingerprint density at radius 3 is 2.50 bits per heavy atom. The van der Waals surface area contributed by atoms with Crippen molar-refractivity contribution in [1.29, 1.82) is 0 Å². The van der Waals surface area contributed by atoms with Crippen LogP contribution in [0.1, 0.15) is 10.4 Å². The lowest BCUT2D eigenvalue weighted by atomic mass is 10.2. The smallest absolute Gasteiger partial charge is 0.337 e. The third kappa shape index (κ3) is 5.66. The van der Waals surface area contributed by atoms with E-state index < -0.39 is 28.4 Å². The van der Waals surface area contributed by atoms with Crippen molar-refractivity contribution in [2.75, 3.05) is 44.5 Å². The van der Waals surface area contributed by atoms with E-state index in [1.165, 1.54) is 32.4 Å². The first-order valence-electron chi connectivity index (χ1n) is 6.82. The molecule has 0 heterocycles. The lowest BCUT2D eigenvalue weighted by Crippen LogP contribution is -2.41. The Labute approximate surface area is 145 Å². The Morgan fingerprint density at radius 1 is 1.29 bits per heavy atom. The second kappa shape index (κ2) is 8.86. The number of hydrogen-bond acceptors (Lipinski definition) is 6. The molecule has 0 radical (unpaired) electrons. The maximum Gasteiger partial charge on any atom is 0.337 e. The zero-order valence-corrected chi connectivity index (χ0v) is 15.1. The number of methoxy groups -OCH3 is 2. The van der Waals surface area contributed by atoms with Gasteiger partial charge in [0.2, 0.25) is 15.9 Å². The fraction of sp³-hybridized carbons (Fsp3) is 0.429. The first-order chi connectivity index (χ1) is 11.2. The van der Waals surface area contributed by atoms with Crippen LogP contribution in [0, 0.1) is 0 Å². The van der Waals surface area contributed by atoms with Crippen LogP contribution in [0.15, 0.2) is 18.2 Å². The summed E-state index contributed by atoms with van der Waals surface area (Å²) in [6.07, 6.45) is 0.941. The molecule has 1 amide bonds. The maximum atomic E-state index is 12.0. The Hall–Kier alpha value is -1.84. The van der Waals surface area contributed by atoms with Crippen molar-refractivity contribution in [3.63, 3.8) is 0 Å². The topological polar surface area (TPSA) is 102 Å². The number of ether oxygens (including phenoxy) is 2. The van der Waals surface area contributed by atoms with Gasteiger partial charge in [-0.1, -0.05) is 11.6 Å². The number of nitrogens with zero attached hydrogens (tertiary/aromatic N) is 1. The van der Waals surface area contributed by atoms with E-state index in [1.54, 1.807) is 0 Å². The molecule has 0 spiro atoms. The summed E-state index contributed by atoms with van der Waals surface area (Å²) in [6, 6.07) is 4.03. The second-order valence-corrected chi connectivity index (χ2v) is 7.08. The molecular formula is C14H19ClN2O6S. The lowest BCUT2D eigenvalue weighted by molar-refractivity contribution is -0.119. The molecule has 0 aliphatic rings. The van der Waals surface area contributed by atoms with E-state index in [1.807, 2.05) is 0 Å². The van der Waals surface area contributed by atoms with Gasteiger partial charge in [0.25, 0.3) is 0 Å². The fourth-order valence-corrected chi connectivity index (χ4v) is 2.94. The SMILES string of the molecule is COCCNC(=O)CN(c1cc(C(=O)OC)ccc1Cl)S(C)(=O)=O. The number of hydrogen-bond donors (Lipinski definition) is 1. The first-order valence-corrected chi connectivity index (χ1v) is 9.04. The molecular weight excluding hydrogens is 360 g/mol. The molecule has 0 saturated heterocycles. The van der Waals surface area contributed by atoms with Crippen LogP contribution < -0.4 is 9.62 Å². The largest absolute Gasteiger partial charge is 0.465 e. The van der Waals surface area contributed by atoms with Crippen LogP contribution in [-0.2, 0) is 24.3 Å². The van der Waals surface area contributed by atoms with Gasteiger partial charge in [-0.3, -0.25) is 9.10 Å². The Balaban J connectivity index is 3.13. The highest BCUT2D eigenvalue weighted by Gasteiger charge is 2.24. The molecule has 0 unspecified atom stereocenters. The molecule has 0 aliphatic heterocycles. The summed E-state index contributed by atoms with van der Waals surface area (Å²) in [4.78, 5) is 23.5. The number of carbonyl (C=O) groups is 2. The van der Waals surface area contributed by atoms with E-state index in [0.29, 0.717) is 6.61 Å². The predicted octanol–water partition coefficient (Wildman–Crippen LogP) is 0.655. The summed E-state index contributed by atoms with van der Waals surface area (Å²) >= 11 is 6.05. The van der Waals surface area contributed by atoms with Gasteiger partial charge in [-0.2, -0.15) is 0 Å². The van der Waals surface area contributed by atoms with Gasteiger partial charge in [0, 0.05) is 13.7 Å². The summed E-state index contributed by atoms with van der Waals surface area (Å²) in [7, 11) is -1.13. The molecule has 24 heavy (non-hydrogen) atoms. The molecule has 0 atom stereocenters. The van der Waals surface area contributed by atoms with Crippen LogP contribution in [0.2, 0.25) is 5.02 Å². The van der Waals surface area contributed by atoms with Gasteiger partial charge in [0.15, 0.2) is 0 Å². The number of benzene rings is 1. The van der Waals surface area contributed by atoms with Crippen LogP contribution in [0.25, 0.3) is 0 Å². The van der Waals surface area contributed by atoms with Crippen LogP contribution >= 0.6 is 11.6 Å². The third-order valence-corrected chi connectivity index (χ3v) is 4.40. The van der Waals surface area contributed by atoms with Crippen molar-refractivity contribution < 1.29 is 27.5 Å². The predicted molar refractivity (Wildman–Crippen MR) is 89.9 cm³/mol. The average molecular weight is 379 g/mol. The summed E-state index contributed by atoms with van der Waals surface area (Å²) in [6.45, 7) is 0.0545. The third-order valence-electron chi connectivity index (χ3n) is 2.95. The highest BCUT2D eigenvalue weighted by molar-refractivity contribution is 7.92. The number of rotatable bonds is 8. The number of carbonyl (C=O) groups excluding carboxylic acids is 2. The van der Waals surface area contributed by atoms with Crippen LogP contribution in [0.5, 0.6) is 0 Å². The lowest BCUT2D eigenvalue weighted by Gasteiger charge is -2.23. The van der Waals surface area contributed by atoms with Crippen molar-refractivity contribution in [2.24, 2.45) is 0 Å². The number of sulfonamides is 1. The summed E-state index contributed by atoms with van der Waals surface area (Å²) in [5.41, 5.74) is 0.134. The quantitative estimate of drug-likeness (QED) is 0.526. The molecule has 1 aromatic rings. The molecule has 134 valence electrons. The maximum absolute atomic E-state index is 12.0. The molecule has 0 aromatic heterocycles. The Kier molecular flexibility index (Phi) is 7.46. The number of halogens is 1. The van der Waals surface area contributed by atoms with Gasteiger partial charge in [-0.15, -0.1) is 0 Å². The molecule has 0 saturated carbocycles. The van der Waals surface area contributed by atoms with E-state index in [4.69, 9.17) is 16.3 Å². The van der Waals surface area contributed by atoms with Gasteiger partial charge >= 0.3 is 5.97 Å². The van der Waals surface area contributed by atoms with Gasteiger partial charge in [0.05, 0.1) is 36.2 Å².